The van der Waals surface area contributed by atoms with E-state index in [0.717, 1.165) is 5.56 Å². The number of benzene rings is 1. The van der Waals surface area contributed by atoms with E-state index in [2.05, 4.69) is 10.1 Å². The van der Waals surface area contributed by atoms with Crippen molar-refractivity contribution < 1.29 is 22.6 Å². The second-order valence-corrected chi connectivity index (χ2v) is 5.71. The molecule has 0 fully saturated rings. The summed E-state index contributed by atoms with van der Waals surface area (Å²) >= 11 is 5.70. The molecule has 11 heteroatoms. The Hall–Kier alpha value is -2.04. The Morgan fingerprint density at radius 3 is 2.57 bits per heavy atom. The Labute approximate surface area is 125 Å². The molecule has 1 N–H and O–H groups in total. The maximum absolute atomic E-state index is 10.7. The molecular weight excluding hydrogens is 324 g/mol. The summed E-state index contributed by atoms with van der Waals surface area (Å²) in [6, 6.07) is 4.71. The minimum Gasteiger partial charge on any atom is -0.748 e. The summed E-state index contributed by atoms with van der Waals surface area (Å²) in [6.45, 7) is 0.484. The van der Waals surface area contributed by atoms with Crippen LogP contribution in [0, 0.1) is 10.1 Å². The van der Waals surface area contributed by atoms with Crippen LogP contribution in [0.3, 0.4) is 0 Å². The lowest BCUT2D eigenvalue weighted by Gasteiger charge is -1.99. The van der Waals surface area contributed by atoms with Crippen molar-refractivity contribution in [3.8, 4) is 0 Å². The van der Waals surface area contributed by atoms with Crippen molar-refractivity contribution in [2.75, 3.05) is 6.26 Å². The second-order valence-electron chi connectivity index (χ2n) is 3.90. The minimum atomic E-state index is -3.92. The van der Waals surface area contributed by atoms with Gasteiger partial charge in [0.1, 0.15) is 11.6 Å². The van der Waals surface area contributed by atoms with Crippen LogP contribution in [-0.2, 0) is 16.7 Å². The lowest BCUT2D eigenvalue weighted by atomic mass is 10.2. The largest absolute Gasteiger partial charge is 0.748 e. The molecule has 1 aromatic heterocycles. The first-order valence-electron chi connectivity index (χ1n) is 5.38. The third-order valence-electron chi connectivity index (χ3n) is 2.06. The lowest BCUT2D eigenvalue weighted by Crippen LogP contribution is -2.35. The Balaban J connectivity index is 0.000000383. The Morgan fingerprint density at radius 2 is 2.10 bits per heavy atom. The third-order valence-corrected chi connectivity index (χ3v) is 2.38. The van der Waals surface area contributed by atoms with Gasteiger partial charge in [-0.15, -0.1) is 0 Å². The molecule has 0 atom stereocenters. The average Bonchev–Trinajstić information content (AvgIpc) is 2.82. The van der Waals surface area contributed by atoms with Gasteiger partial charge in [-0.05, 0) is 11.1 Å². The Bertz CT molecular complexity index is 709. The topological polar surface area (TPSA) is 133 Å². The molecule has 0 spiro atoms. The summed E-state index contributed by atoms with van der Waals surface area (Å²) in [4.78, 5) is 14.0. The summed E-state index contributed by atoms with van der Waals surface area (Å²) in [5, 5.41) is 13.7. The number of rotatable bonds is 3. The van der Waals surface area contributed by atoms with Gasteiger partial charge in [0, 0.05) is 17.9 Å². The quantitative estimate of drug-likeness (QED) is 0.375. The Morgan fingerprint density at radius 1 is 1.48 bits per heavy atom. The zero-order chi connectivity index (χ0) is 16.0. The number of nitrogens with zero attached hydrogens (tertiary/aromatic N) is 3. The number of nitrogens with one attached hydrogen (secondary N) is 1. The van der Waals surface area contributed by atoms with Crippen LogP contribution in [0.15, 0.2) is 30.9 Å². The lowest BCUT2D eigenvalue weighted by molar-refractivity contribution is -0.743. The number of aromatic amines is 1. The van der Waals surface area contributed by atoms with E-state index in [9.17, 15) is 10.1 Å². The van der Waals surface area contributed by atoms with Crippen LogP contribution in [0.25, 0.3) is 0 Å². The van der Waals surface area contributed by atoms with Crippen molar-refractivity contribution in [1.82, 2.24) is 10.1 Å². The normalized spacial score (nSPS) is 10.6. The summed E-state index contributed by atoms with van der Waals surface area (Å²) < 4.78 is 28.9. The van der Waals surface area contributed by atoms with Crippen molar-refractivity contribution in [2.45, 2.75) is 6.54 Å². The molecule has 0 radical (unpaired) electrons. The van der Waals surface area contributed by atoms with Gasteiger partial charge in [0.05, 0.1) is 15.0 Å². The van der Waals surface area contributed by atoms with Crippen molar-refractivity contribution in [3.63, 3.8) is 0 Å². The van der Waals surface area contributed by atoms with Crippen LogP contribution in [0.1, 0.15) is 5.56 Å². The van der Waals surface area contributed by atoms with Gasteiger partial charge in [0.25, 0.3) is 5.69 Å². The zero-order valence-corrected chi connectivity index (χ0v) is 12.3. The number of halogens is 1. The van der Waals surface area contributed by atoms with E-state index in [0.29, 0.717) is 12.8 Å². The molecule has 0 aliphatic heterocycles. The summed E-state index contributed by atoms with van der Waals surface area (Å²) in [5.41, 5.74) is 0.699. The van der Waals surface area contributed by atoms with Crippen LogP contribution in [0.2, 0.25) is 5.02 Å². The smallest absolute Gasteiger partial charge is 0.306 e. The average molecular weight is 335 g/mol. The van der Waals surface area contributed by atoms with E-state index in [1.165, 1.54) is 18.5 Å². The first kappa shape index (κ1) is 17.0. The van der Waals surface area contributed by atoms with Gasteiger partial charge in [-0.3, -0.25) is 10.1 Å². The predicted molar refractivity (Wildman–Crippen MR) is 71.6 cm³/mol. The van der Waals surface area contributed by atoms with Gasteiger partial charge >= 0.3 is 6.33 Å². The van der Waals surface area contributed by atoms with E-state index in [4.69, 9.17) is 24.6 Å². The number of nitro groups is 1. The highest BCUT2D eigenvalue weighted by molar-refractivity contribution is 7.84. The van der Waals surface area contributed by atoms with Crippen molar-refractivity contribution in [1.29, 1.82) is 0 Å². The van der Waals surface area contributed by atoms with E-state index in [1.54, 1.807) is 17.1 Å². The number of aromatic nitrogens is 3. The molecule has 9 nitrogen and oxygen atoms in total. The van der Waals surface area contributed by atoms with Crippen LogP contribution >= 0.6 is 11.6 Å². The number of nitro benzene ring substituents is 1. The van der Waals surface area contributed by atoms with E-state index in [1.807, 2.05) is 0 Å². The fourth-order valence-electron chi connectivity index (χ4n) is 1.33. The number of H-pyrrole nitrogens is 1. The molecule has 21 heavy (non-hydrogen) atoms. The molecule has 2 rings (SSSR count). The van der Waals surface area contributed by atoms with E-state index < -0.39 is 15.0 Å². The summed E-state index contributed by atoms with van der Waals surface area (Å²) in [7, 11) is -3.92. The summed E-state index contributed by atoms with van der Waals surface area (Å²) in [5.74, 6) is 0. The monoisotopic (exact) mass is 334 g/mol. The summed E-state index contributed by atoms with van der Waals surface area (Å²) in [6.07, 6.45) is 3.73. The second kappa shape index (κ2) is 7.11. The highest BCUT2D eigenvalue weighted by Crippen LogP contribution is 2.24. The SMILES string of the molecule is CS(=O)(=O)[O-].O=[N+]([O-])c1cc(C[n+]2cnc[nH]2)ccc1Cl. The molecule has 0 saturated heterocycles. The van der Waals surface area contributed by atoms with E-state index >= 15 is 0 Å². The number of hydrogen-bond donors (Lipinski definition) is 1. The third kappa shape index (κ3) is 6.79. The van der Waals surface area contributed by atoms with E-state index in [-0.39, 0.29) is 10.7 Å². The first-order chi connectivity index (χ1) is 9.66. The molecule has 0 unspecified atom stereocenters. The highest BCUT2D eigenvalue weighted by Gasteiger charge is 2.13. The van der Waals surface area contributed by atoms with Crippen molar-refractivity contribution >= 4 is 27.4 Å². The van der Waals surface area contributed by atoms with Gasteiger partial charge in [0.2, 0.25) is 6.33 Å². The van der Waals surface area contributed by atoms with Crippen molar-refractivity contribution in [2.24, 2.45) is 0 Å². The van der Waals surface area contributed by atoms with Gasteiger partial charge in [0.15, 0.2) is 0 Å². The first-order valence-corrected chi connectivity index (χ1v) is 7.58. The molecule has 0 bridgehead atoms. The van der Waals surface area contributed by atoms with Crippen LogP contribution < -0.4 is 4.68 Å². The maximum Gasteiger partial charge on any atom is 0.306 e. The molecule has 0 aliphatic rings. The standard InChI is InChI=1S/C9H7ClN4O2.CH4O3S/c10-8-2-1-7(3-9(8)14(15)16)4-13-6-11-5-12-13;1-5(2,3)4/h1-3,5-6H,4H2;1H3,(H,2,3,4). The molecule has 1 aromatic carbocycles. The molecule has 114 valence electrons. The molecule has 1 heterocycles. The molecule has 0 aliphatic carbocycles. The Kier molecular flexibility index (Phi) is 5.76. The van der Waals surface area contributed by atoms with Gasteiger partial charge in [-0.2, -0.15) is 9.78 Å². The van der Waals surface area contributed by atoms with Crippen LogP contribution in [0.5, 0.6) is 0 Å². The van der Waals surface area contributed by atoms with Gasteiger partial charge in [-0.25, -0.2) is 8.42 Å². The van der Waals surface area contributed by atoms with Gasteiger partial charge < -0.3 is 4.55 Å². The van der Waals surface area contributed by atoms with Gasteiger partial charge in [-0.1, -0.05) is 17.7 Å². The molecular formula is C10H11ClN4O5S. The molecule has 0 saturated carbocycles. The molecule has 2 aromatic rings. The maximum atomic E-state index is 10.7. The number of hydrogen-bond acceptors (Lipinski definition) is 6. The van der Waals surface area contributed by atoms with Crippen molar-refractivity contribution in [3.05, 3.63) is 51.6 Å². The fourth-order valence-corrected chi connectivity index (χ4v) is 1.52. The van der Waals surface area contributed by atoms with Crippen LogP contribution in [-0.4, -0.2) is 34.2 Å². The minimum absolute atomic E-state index is 0.0840. The zero-order valence-electron chi connectivity index (χ0n) is 10.8. The molecule has 0 amide bonds. The highest BCUT2D eigenvalue weighted by atomic mass is 35.5. The predicted octanol–water partition coefficient (Wildman–Crippen LogP) is 0.469. The van der Waals surface area contributed by atoms with Crippen LogP contribution in [0.4, 0.5) is 5.69 Å². The fraction of sp³-hybridized carbons (Fsp3) is 0.200.